The molecular weight excluding hydrogens is 158 g/mol. The number of hydrogen-bond donors (Lipinski definition) is 1. The number of ether oxygens (including phenoxy) is 2. The normalized spacial score (nSPS) is 25.3. The van der Waals surface area contributed by atoms with Crippen LogP contribution < -0.4 is 5.73 Å². The average Bonchev–Trinajstić information content (AvgIpc) is 2.55. The van der Waals surface area contributed by atoms with Gasteiger partial charge >= 0.3 is 5.97 Å². The highest BCUT2D eigenvalue weighted by molar-refractivity contribution is 5.72. The SMILES string of the molecule is CC(CN)C(=O)OC1CCOC1. The Hall–Kier alpha value is -0.610. The highest BCUT2D eigenvalue weighted by Gasteiger charge is 2.22. The van der Waals surface area contributed by atoms with Crippen molar-refractivity contribution in [2.24, 2.45) is 11.7 Å². The zero-order valence-electron chi connectivity index (χ0n) is 7.29. The summed E-state index contributed by atoms with van der Waals surface area (Å²) in [6.45, 7) is 3.32. The summed E-state index contributed by atoms with van der Waals surface area (Å²) in [5.74, 6) is -0.418. The highest BCUT2D eigenvalue weighted by atomic mass is 16.6. The molecule has 2 N–H and O–H groups in total. The maximum atomic E-state index is 11.2. The molecule has 1 fully saturated rings. The zero-order chi connectivity index (χ0) is 8.97. The smallest absolute Gasteiger partial charge is 0.310 e. The van der Waals surface area contributed by atoms with Gasteiger partial charge in [-0.3, -0.25) is 4.79 Å². The maximum Gasteiger partial charge on any atom is 0.310 e. The molecule has 2 unspecified atom stereocenters. The maximum absolute atomic E-state index is 11.2. The molecule has 0 aromatic rings. The molecule has 70 valence electrons. The van der Waals surface area contributed by atoms with Crippen molar-refractivity contribution in [1.82, 2.24) is 0 Å². The lowest BCUT2D eigenvalue weighted by Gasteiger charge is -2.13. The van der Waals surface area contributed by atoms with Gasteiger partial charge in [-0.2, -0.15) is 0 Å². The van der Waals surface area contributed by atoms with Crippen LogP contribution in [-0.2, 0) is 14.3 Å². The summed E-state index contributed by atoms with van der Waals surface area (Å²) in [5, 5.41) is 0. The quantitative estimate of drug-likeness (QED) is 0.606. The number of esters is 1. The van der Waals surface area contributed by atoms with Crippen molar-refractivity contribution in [3.05, 3.63) is 0 Å². The number of hydrogen-bond acceptors (Lipinski definition) is 4. The second kappa shape index (κ2) is 4.42. The molecule has 4 heteroatoms. The first-order valence-corrected chi connectivity index (χ1v) is 4.22. The molecule has 1 rings (SSSR count). The first-order chi connectivity index (χ1) is 5.74. The number of nitrogens with two attached hydrogens (primary N) is 1. The molecular formula is C8H15NO3. The summed E-state index contributed by atoms with van der Waals surface area (Å²) in [6, 6.07) is 0. The summed E-state index contributed by atoms with van der Waals surface area (Å²) in [6.07, 6.45) is 0.759. The van der Waals surface area contributed by atoms with Crippen LogP contribution in [0.15, 0.2) is 0 Å². The Balaban J connectivity index is 2.25. The van der Waals surface area contributed by atoms with E-state index < -0.39 is 0 Å². The fraction of sp³-hybridized carbons (Fsp3) is 0.875. The van der Waals surface area contributed by atoms with Gasteiger partial charge in [0, 0.05) is 13.0 Å². The molecule has 0 aromatic heterocycles. The minimum absolute atomic E-state index is 0.0495. The number of carbonyl (C=O) groups excluding carboxylic acids is 1. The third-order valence-corrected chi connectivity index (χ3v) is 1.93. The van der Waals surface area contributed by atoms with Crippen LogP contribution in [-0.4, -0.2) is 31.8 Å². The van der Waals surface area contributed by atoms with Crippen LogP contribution >= 0.6 is 0 Å². The van der Waals surface area contributed by atoms with Crippen LogP contribution in [0, 0.1) is 5.92 Å². The van der Waals surface area contributed by atoms with E-state index in [0.717, 1.165) is 6.42 Å². The molecule has 2 atom stereocenters. The van der Waals surface area contributed by atoms with E-state index in [-0.39, 0.29) is 18.0 Å². The molecule has 0 saturated carbocycles. The molecule has 0 amide bonds. The number of carbonyl (C=O) groups is 1. The van der Waals surface area contributed by atoms with Gasteiger partial charge in [0.15, 0.2) is 0 Å². The van der Waals surface area contributed by atoms with Crippen molar-refractivity contribution >= 4 is 5.97 Å². The molecule has 1 aliphatic rings. The van der Waals surface area contributed by atoms with Gasteiger partial charge in [0.05, 0.1) is 19.1 Å². The lowest BCUT2D eigenvalue weighted by atomic mass is 10.2. The first-order valence-electron chi connectivity index (χ1n) is 4.22. The second-order valence-electron chi connectivity index (χ2n) is 3.06. The molecule has 1 saturated heterocycles. The summed E-state index contributed by atoms with van der Waals surface area (Å²) in [4.78, 5) is 11.2. The van der Waals surface area contributed by atoms with Crippen LogP contribution in [0.4, 0.5) is 0 Å². The van der Waals surface area contributed by atoms with Gasteiger partial charge in [-0.25, -0.2) is 0 Å². The Morgan fingerprint density at radius 1 is 1.83 bits per heavy atom. The summed E-state index contributed by atoms with van der Waals surface area (Å²) in [5.41, 5.74) is 5.32. The summed E-state index contributed by atoms with van der Waals surface area (Å²) >= 11 is 0. The lowest BCUT2D eigenvalue weighted by Crippen LogP contribution is -2.27. The van der Waals surface area contributed by atoms with Crippen LogP contribution in [0.2, 0.25) is 0 Å². The average molecular weight is 173 g/mol. The topological polar surface area (TPSA) is 61.6 Å². The van der Waals surface area contributed by atoms with E-state index in [9.17, 15) is 4.79 Å². The minimum Gasteiger partial charge on any atom is -0.460 e. The molecule has 0 aromatic carbocycles. The van der Waals surface area contributed by atoms with Crippen LogP contribution in [0.25, 0.3) is 0 Å². The minimum atomic E-state index is -0.215. The van der Waals surface area contributed by atoms with Gasteiger partial charge < -0.3 is 15.2 Å². The summed E-state index contributed by atoms with van der Waals surface area (Å²) in [7, 11) is 0. The Kier molecular flexibility index (Phi) is 3.49. The van der Waals surface area contributed by atoms with Crippen LogP contribution in [0.5, 0.6) is 0 Å². The van der Waals surface area contributed by atoms with E-state index in [1.165, 1.54) is 0 Å². The molecule has 4 nitrogen and oxygen atoms in total. The Morgan fingerprint density at radius 2 is 2.58 bits per heavy atom. The molecule has 0 spiro atoms. The van der Waals surface area contributed by atoms with Crippen molar-refractivity contribution in [1.29, 1.82) is 0 Å². The third kappa shape index (κ3) is 2.46. The van der Waals surface area contributed by atoms with Crippen molar-refractivity contribution in [3.63, 3.8) is 0 Å². The van der Waals surface area contributed by atoms with E-state index in [0.29, 0.717) is 19.8 Å². The monoisotopic (exact) mass is 173 g/mol. The van der Waals surface area contributed by atoms with Crippen molar-refractivity contribution in [3.8, 4) is 0 Å². The van der Waals surface area contributed by atoms with Crippen molar-refractivity contribution < 1.29 is 14.3 Å². The van der Waals surface area contributed by atoms with Gasteiger partial charge in [-0.05, 0) is 0 Å². The van der Waals surface area contributed by atoms with Gasteiger partial charge in [0.25, 0.3) is 0 Å². The lowest BCUT2D eigenvalue weighted by molar-refractivity contribution is -0.153. The number of rotatable bonds is 3. The van der Waals surface area contributed by atoms with E-state index >= 15 is 0 Å². The van der Waals surface area contributed by atoms with E-state index in [2.05, 4.69) is 0 Å². The largest absolute Gasteiger partial charge is 0.460 e. The molecule has 0 aliphatic carbocycles. The third-order valence-electron chi connectivity index (χ3n) is 1.93. The standard InChI is InChI=1S/C8H15NO3/c1-6(4-9)8(10)12-7-2-3-11-5-7/h6-7H,2-5,9H2,1H3. The van der Waals surface area contributed by atoms with Gasteiger partial charge in [0.1, 0.15) is 6.10 Å². The second-order valence-corrected chi connectivity index (χ2v) is 3.06. The fourth-order valence-corrected chi connectivity index (χ4v) is 0.982. The van der Waals surface area contributed by atoms with E-state index in [1.807, 2.05) is 0 Å². The van der Waals surface area contributed by atoms with E-state index in [4.69, 9.17) is 15.2 Å². The van der Waals surface area contributed by atoms with Crippen LogP contribution in [0.3, 0.4) is 0 Å². The highest BCUT2D eigenvalue weighted by Crippen LogP contribution is 2.10. The predicted molar refractivity (Wildman–Crippen MR) is 43.5 cm³/mol. The Labute approximate surface area is 72.0 Å². The van der Waals surface area contributed by atoms with E-state index in [1.54, 1.807) is 6.92 Å². The Bertz CT molecular complexity index is 154. The molecule has 1 aliphatic heterocycles. The van der Waals surface area contributed by atoms with Crippen molar-refractivity contribution in [2.45, 2.75) is 19.4 Å². The van der Waals surface area contributed by atoms with Gasteiger partial charge in [-0.15, -0.1) is 0 Å². The van der Waals surface area contributed by atoms with Crippen molar-refractivity contribution in [2.75, 3.05) is 19.8 Å². The molecule has 12 heavy (non-hydrogen) atoms. The first kappa shape index (κ1) is 9.48. The zero-order valence-corrected chi connectivity index (χ0v) is 7.29. The summed E-state index contributed by atoms with van der Waals surface area (Å²) < 4.78 is 10.2. The van der Waals surface area contributed by atoms with Gasteiger partial charge in [0.2, 0.25) is 0 Å². The fourth-order valence-electron chi connectivity index (χ4n) is 0.982. The van der Waals surface area contributed by atoms with Crippen LogP contribution in [0.1, 0.15) is 13.3 Å². The Morgan fingerprint density at radius 3 is 3.08 bits per heavy atom. The predicted octanol–water partition coefficient (Wildman–Crippen LogP) is -0.0867. The molecule has 0 radical (unpaired) electrons. The molecule has 1 heterocycles. The van der Waals surface area contributed by atoms with Gasteiger partial charge in [-0.1, -0.05) is 6.92 Å². The molecule has 0 bridgehead atoms.